The highest BCUT2D eigenvalue weighted by Crippen LogP contribution is 2.27. The van der Waals surface area contributed by atoms with Crippen LogP contribution in [0.15, 0.2) is 0 Å². The minimum Gasteiger partial charge on any atom is -0.339 e. The summed E-state index contributed by atoms with van der Waals surface area (Å²) >= 11 is 0. The molecular weight excluding hydrogens is 224 g/mol. The Morgan fingerprint density at radius 3 is 2.28 bits per heavy atom. The number of rotatable bonds is 5. The lowest BCUT2D eigenvalue weighted by Gasteiger charge is -2.25. The monoisotopic (exact) mass is 254 g/mol. The predicted molar refractivity (Wildman–Crippen MR) is 76.2 cm³/mol. The number of hydrogen-bond acceptors (Lipinski definition) is 2. The molecule has 0 aromatic heterocycles. The number of nitrogens with one attached hydrogen (secondary N) is 2. The van der Waals surface area contributed by atoms with Crippen molar-refractivity contribution in [1.29, 1.82) is 0 Å². The van der Waals surface area contributed by atoms with Crippen LogP contribution < -0.4 is 10.6 Å². The van der Waals surface area contributed by atoms with E-state index in [1.54, 1.807) is 0 Å². The smallest absolute Gasteiger partial charge is 0.238 e. The van der Waals surface area contributed by atoms with Crippen molar-refractivity contribution in [2.75, 3.05) is 0 Å². The summed E-state index contributed by atoms with van der Waals surface area (Å²) in [6.45, 7) is 13.4. The Labute approximate surface area is 112 Å². The number of carbonyl (C=O) groups is 1. The van der Waals surface area contributed by atoms with Gasteiger partial charge < -0.3 is 5.32 Å². The first kappa shape index (κ1) is 15.5. The quantitative estimate of drug-likeness (QED) is 0.792. The zero-order valence-corrected chi connectivity index (χ0v) is 12.8. The second-order valence-electron chi connectivity index (χ2n) is 7.52. The summed E-state index contributed by atoms with van der Waals surface area (Å²) in [6, 6.07) is 0.0110. The molecule has 106 valence electrons. The molecule has 3 atom stereocenters. The van der Waals surface area contributed by atoms with Gasteiger partial charge in [0.1, 0.15) is 0 Å². The Balaban J connectivity index is 2.39. The Hall–Kier alpha value is -0.570. The molecule has 0 radical (unpaired) electrons. The third-order valence-corrected chi connectivity index (χ3v) is 3.34. The fourth-order valence-corrected chi connectivity index (χ4v) is 2.94. The van der Waals surface area contributed by atoms with E-state index in [9.17, 15) is 4.79 Å². The second kappa shape index (κ2) is 6.05. The molecule has 1 aliphatic heterocycles. The number of carbonyl (C=O) groups excluding carboxylic acids is 1. The minimum atomic E-state index is 0.0110. The van der Waals surface area contributed by atoms with Crippen molar-refractivity contribution < 1.29 is 4.79 Å². The third-order valence-electron chi connectivity index (χ3n) is 3.34. The van der Waals surface area contributed by atoms with Crippen LogP contribution in [0.2, 0.25) is 0 Å². The van der Waals surface area contributed by atoms with Gasteiger partial charge in [-0.05, 0) is 36.5 Å². The van der Waals surface area contributed by atoms with Crippen LogP contribution in [0.3, 0.4) is 0 Å². The Bertz CT molecular complexity index is 281. The van der Waals surface area contributed by atoms with Crippen molar-refractivity contribution in [2.45, 2.75) is 73.0 Å². The average molecular weight is 254 g/mol. The van der Waals surface area contributed by atoms with Gasteiger partial charge in [-0.3, -0.25) is 10.1 Å². The molecule has 1 amide bonds. The van der Waals surface area contributed by atoms with Crippen molar-refractivity contribution in [3.05, 3.63) is 0 Å². The fourth-order valence-electron chi connectivity index (χ4n) is 2.94. The molecule has 0 aliphatic carbocycles. The van der Waals surface area contributed by atoms with E-state index < -0.39 is 0 Å². The Kier molecular flexibility index (Phi) is 5.20. The molecule has 3 nitrogen and oxygen atoms in total. The molecule has 0 bridgehead atoms. The topological polar surface area (TPSA) is 41.1 Å². The maximum atomic E-state index is 11.8. The van der Waals surface area contributed by atoms with Crippen LogP contribution >= 0.6 is 0 Å². The van der Waals surface area contributed by atoms with Crippen LogP contribution in [0.4, 0.5) is 0 Å². The molecule has 0 spiro atoms. The molecule has 2 unspecified atom stereocenters. The highest BCUT2D eigenvalue weighted by atomic mass is 16.2. The standard InChI is InChI=1S/C15H30N2O/c1-10(2)7-12-14(18)17-13(16-12)8-11(3)9-15(4,5)6/h10-13,16H,7-9H2,1-6H3,(H,17,18)/t11?,12-,13?/m0/s1. The Morgan fingerprint density at radius 1 is 1.17 bits per heavy atom. The van der Waals surface area contributed by atoms with Gasteiger partial charge in [0.15, 0.2) is 0 Å². The van der Waals surface area contributed by atoms with Gasteiger partial charge in [-0.2, -0.15) is 0 Å². The van der Waals surface area contributed by atoms with E-state index in [1.165, 1.54) is 6.42 Å². The van der Waals surface area contributed by atoms with E-state index in [2.05, 4.69) is 52.2 Å². The van der Waals surface area contributed by atoms with Crippen molar-refractivity contribution in [2.24, 2.45) is 17.3 Å². The van der Waals surface area contributed by atoms with E-state index in [-0.39, 0.29) is 18.1 Å². The summed E-state index contributed by atoms with van der Waals surface area (Å²) < 4.78 is 0. The summed E-state index contributed by atoms with van der Waals surface area (Å²) in [6.07, 6.45) is 3.31. The largest absolute Gasteiger partial charge is 0.339 e. The predicted octanol–water partition coefficient (Wildman–Crippen LogP) is 2.91. The van der Waals surface area contributed by atoms with E-state index in [1.807, 2.05) is 0 Å². The maximum absolute atomic E-state index is 11.8. The van der Waals surface area contributed by atoms with Crippen molar-refractivity contribution >= 4 is 5.91 Å². The SMILES string of the molecule is CC(C)C[C@@H]1NC(CC(C)CC(C)(C)C)NC1=O. The van der Waals surface area contributed by atoms with E-state index in [0.717, 1.165) is 12.8 Å². The molecule has 1 fully saturated rings. The average Bonchev–Trinajstić information content (AvgIpc) is 2.41. The lowest BCUT2D eigenvalue weighted by atomic mass is 9.84. The first-order chi connectivity index (χ1) is 8.17. The number of hydrogen-bond donors (Lipinski definition) is 2. The van der Waals surface area contributed by atoms with Crippen LogP contribution in [-0.4, -0.2) is 18.1 Å². The lowest BCUT2D eigenvalue weighted by molar-refractivity contribution is -0.121. The summed E-state index contributed by atoms with van der Waals surface area (Å²) in [5.74, 6) is 1.36. The molecule has 0 aromatic carbocycles. The molecule has 3 heteroatoms. The highest BCUT2D eigenvalue weighted by molar-refractivity contribution is 5.84. The van der Waals surface area contributed by atoms with Gasteiger partial charge in [0.25, 0.3) is 0 Å². The van der Waals surface area contributed by atoms with E-state index in [0.29, 0.717) is 17.3 Å². The molecule has 1 saturated heterocycles. The first-order valence-electron chi connectivity index (χ1n) is 7.24. The van der Waals surface area contributed by atoms with E-state index in [4.69, 9.17) is 0 Å². The van der Waals surface area contributed by atoms with Gasteiger partial charge >= 0.3 is 0 Å². The van der Waals surface area contributed by atoms with Crippen molar-refractivity contribution in [1.82, 2.24) is 10.6 Å². The summed E-state index contributed by atoms with van der Waals surface area (Å²) in [7, 11) is 0. The zero-order valence-electron chi connectivity index (χ0n) is 12.8. The van der Waals surface area contributed by atoms with Gasteiger partial charge in [0, 0.05) is 0 Å². The molecule has 0 aromatic rings. The summed E-state index contributed by atoms with van der Waals surface area (Å²) in [4.78, 5) is 11.8. The molecule has 1 heterocycles. The second-order valence-corrected chi connectivity index (χ2v) is 7.52. The minimum absolute atomic E-state index is 0.0110. The van der Waals surface area contributed by atoms with Crippen LogP contribution in [0, 0.1) is 17.3 Å². The van der Waals surface area contributed by atoms with Gasteiger partial charge in [-0.25, -0.2) is 0 Å². The molecule has 2 N–H and O–H groups in total. The van der Waals surface area contributed by atoms with Crippen LogP contribution in [-0.2, 0) is 4.79 Å². The van der Waals surface area contributed by atoms with Crippen molar-refractivity contribution in [3.8, 4) is 0 Å². The molecule has 0 saturated carbocycles. The normalized spacial score (nSPS) is 26.5. The van der Waals surface area contributed by atoms with Gasteiger partial charge in [0.2, 0.25) is 5.91 Å². The summed E-state index contributed by atoms with van der Waals surface area (Å²) in [5, 5.41) is 6.50. The zero-order chi connectivity index (χ0) is 13.9. The molecule has 1 aliphatic rings. The lowest BCUT2D eigenvalue weighted by Crippen LogP contribution is -2.35. The number of amides is 1. The van der Waals surface area contributed by atoms with Gasteiger partial charge in [0.05, 0.1) is 12.2 Å². The van der Waals surface area contributed by atoms with Crippen LogP contribution in [0.5, 0.6) is 0 Å². The van der Waals surface area contributed by atoms with E-state index >= 15 is 0 Å². The van der Waals surface area contributed by atoms with Crippen LogP contribution in [0.25, 0.3) is 0 Å². The molecular formula is C15H30N2O. The summed E-state index contributed by atoms with van der Waals surface area (Å²) in [5.41, 5.74) is 0.360. The maximum Gasteiger partial charge on any atom is 0.238 e. The molecule has 18 heavy (non-hydrogen) atoms. The highest BCUT2D eigenvalue weighted by Gasteiger charge is 2.32. The van der Waals surface area contributed by atoms with Crippen LogP contribution in [0.1, 0.15) is 60.8 Å². The Morgan fingerprint density at radius 2 is 1.78 bits per heavy atom. The first-order valence-corrected chi connectivity index (χ1v) is 7.24. The van der Waals surface area contributed by atoms with Crippen molar-refractivity contribution in [3.63, 3.8) is 0 Å². The fraction of sp³-hybridized carbons (Fsp3) is 0.933. The third kappa shape index (κ3) is 5.38. The molecule has 1 rings (SSSR count). The van der Waals surface area contributed by atoms with Gasteiger partial charge in [-0.1, -0.05) is 41.5 Å². The van der Waals surface area contributed by atoms with Gasteiger partial charge in [-0.15, -0.1) is 0 Å².